The summed E-state index contributed by atoms with van der Waals surface area (Å²) in [7, 11) is 1.63. The molecule has 1 atom stereocenters. The molecule has 4 rings (SSSR count). The predicted molar refractivity (Wildman–Crippen MR) is 106 cm³/mol. The molecule has 0 saturated carbocycles. The number of anilines is 1. The van der Waals surface area contributed by atoms with Crippen molar-refractivity contribution in [3.05, 3.63) is 12.4 Å². The van der Waals surface area contributed by atoms with Crippen molar-refractivity contribution in [3.63, 3.8) is 0 Å². The first kappa shape index (κ1) is 19.4. The largest absolute Gasteiger partial charge is 0.481 e. The third-order valence-electron chi connectivity index (χ3n) is 6.27. The molecule has 0 radical (unpaired) electrons. The summed E-state index contributed by atoms with van der Waals surface area (Å²) in [6.07, 6.45) is 5.90. The van der Waals surface area contributed by atoms with E-state index in [2.05, 4.69) is 19.8 Å². The summed E-state index contributed by atoms with van der Waals surface area (Å²) in [5.74, 6) is 2.02. The van der Waals surface area contributed by atoms with E-state index >= 15 is 0 Å². The minimum atomic E-state index is 0.149. The third kappa shape index (κ3) is 4.38. The predicted octanol–water partition coefficient (Wildman–Crippen LogP) is 1.02. The van der Waals surface area contributed by atoms with Gasteiger partial charge in [-0.25, -0.2) is 9.97 Å². The second-order valence-electron chi connectivity index (χ2n) is 7.91. The Hall–Kier alpha value is -1.93. The summed E-state index contributed by atoms with van der Waals surface area (Å²) < 4.78 is 10.6. The van der Waals surface area contributed by atoms with Gasteiger partial charge in [-0.1, -0.05) is 0 Å². The number of methoxy groups -OCH3 is 1. The summed E-state index contributed by atoms with van der Waals surface area (Å²) in [5.41, 5.74) is 0. The number of nitrogens with zero attached hydrogens (tertiary/aromatic N) is 5. The zero-order chi connectivity index (χ0) is 19.3. The number of rotatable bonds is 4. The van der Waals surface area contributed by atoms with E-state index in [0.717, 1.165) is 70.8 Å². The Morgan fingerprint density at radius 3 is 2.64 bits per heavy atom. The lowest BCUT2D eigenvalue weighted by Crippen LogP contribution is -2.52. The van der Waals surface area contributed by atoms with Gasteiger partial charge in [-0.3, -0.25) is 9.69 Å². The molecule has 3 aliphatic rings. The highest BCUT2D eigenvalue weighted by Crippen LogP contribution is 2.27. The first-order valence-electron chi connectivity index (χ1n) is 10.5. The molecule has 0 bridgehead atoms. The van der Waals surface area contributed by atoms with Crippen LogP contribution in [-0.2, 0) is 9.53 Å². The first-order valence-corrected chi connectivity index (χ1v) is 10.5. The Bertz CT molecular complexity index is 659. The number of carbonyl (C=O) groups is 1. The molecule has 0 aromatic carbocycles. The number of piperidine rings is 2. The Balaban J connectivity index is 1.30. The van der Waals surface area contributed by atoms with E-state index in [1.807, 2.05) is 11.0 Å². The van der Waals surface area contributed by atoms with Crippen LogP contribution in [0.3, 0.4) is 0 Å². The van der Waals surface area contributed by atoms with Crippen molar-refractivity contribution < 1.29 is 14.3 Å². The van der Waals surface area contributed by atoms with Gasteiger partial charge in [0.25, 0.3) is 0 Å². The Labute approximate surface area is 166 Å². The molecule has 1 aromatic rings. The van der Waals surface area contributed by atoms with Gasteiger partial charge in [0.2, 0.25) is 11.8 Å². The van der Waals surface area contributed by atoms with Gasteiger partial charge in [-0.05, 0) is 32.2 Å². The fraction of sp³-hybridized carbons (Fsp3) is 0.750. The Morgan fingerprint density at radius 1 is 1.11 bits per heavy atom. The highest BCUT2D eigenvalue weighted by Gasteiger charge is 2.34. The average Bonchev–Trinajstić information content (AvgIpc) is 2.79. The second-order valence-corrected chi connectivity index (χ2v) is 7.91. The van der Waals surface area contributed by atoms with Crippen molar-refractivity contribution in [2.75, 3.05) is 64.5 Å². The number of carbonyl (C=O) groups excluding carboxylic acids is 1. The summed E-state index contributed by atoms with van der Waals surface area (Å²) in [6, 6.07) is 2.46. The molecule has 3 saturated heterocycles. The van der Waals surface area contributed by atoms with Crippen LogP contribution in [0.15, 0.2) is 12.4 Å². The van der Waals surface area contributed by atoms with E-state index in [9.17, 15) is 4.79 Å². The molecule has 1 amide bonds. The Morgan fingerprint density at radius 2 is 1.89 bits per heavy atom. The lowest BCUT2D eigenvalue weighted by Gasteiger charge is -2.43. The summed E-state index contributed by atoms with van der Waals surface area (Å²) in [6.45, 7) is 6.81. The van der Waals surface area contributed by atoms with Gasteiger partial charge in [0, 0.05) is 44.8 Å². The van der Waals surface area contributed by atoms with Crippen LogP contribution in [0.1, 0.15) is 25.7 Å². The number of likely N-dealkylation sites (tertiary alicyclic amines) is 1. The SMILES string of the molecule is COc1cc(N2CCC(N3CCC[C@@H](C(=O)N4CCOCC4)C3)CC2)ncn1. The van der Waals surface area contributed by atoms with Crippen molar-refractivity contribution in [3.8, 4) is 5.88 Å². The fourth-order valence-electron chi connectivity index (χ4n) is 4.66. The number of amides is 1. The molecule has 0 aliphatic carbocycles. The van der Waals surface area contributed by atoms with Crippen molar-refractivity contribution in [1.29, 1.82) is 0 Å². The normalized spacial score (nSPS) is 25.0. The average molecular weight is 390 g/mol. The summed E-state index contributed by atoms with van der Waals surface area (Å²) >= 11 is 0. The van der Waals surface area contributed by atoms with Gasteiger partial charge in [-0.2, -0.15) is 0 Å². The lowest BCUT2D eigenvalue weighted by molar-refractivity contribution is -0.141. The summed E-state index contributed by atoms with van der Waals surface area (Å²) in [5, 5.41) is 0. The van der Waals surface area contributed by atoms with Crippen molar-refractivity contribution >= 4 is 11.7 Å². The molecular weight excluding hydrogens is 358 g/mol. The zero-order valence-corrected chi connectivity index (χ0v) is 16.8. The quantitative estimate of drug-likeness (QED) is 0.761. The topological polar surface area (TPSA) is 71.0 Å². The fourth-order valence-corrected chi connectivity index (χ4v) is 4.66. The molecule has 3 fully saturated rings. The number of aromatic nitrogens is 2. The number of morpholine rings is 1. The van der Waals surface area contributed by atoms with Crippen molar-refractivity contribution in [1.82, 2.24) is 19.8 Å². The third-order valence-corrected chi connectivity index (χ3v) is 6.27. The van der Waals surface area contributed by atoms with E-state index in [1.165, 1.54) is 0 Å². The Kier molecular flexibility index (Phi) is 6.26. The van der Waals surface area contributed by atoms with Crippen LogP contribution in [-0.4, -0.2) is 91.3 Å². The zero-order valence-electron chi connectivity index (χ0n) is 16.8. The molecule has 0 N–H and O–H groups in total. The maximum absolute atomic E-state index is 12.9. The van der Waals surface area contributed by atoms with Crippen LogP contribution in [0.5, 0.6) is 5.88 Å². The standard InChI is InChI=1S/C20H31N5O3/c1-27-19-13-18(21-15-22-19)23-7-4-17(5-8-23)25-6-2-3-16(14-25)20(26)24-9-11-28-12-10-24/h13,15-17H,2-12,14H2,1H3/t16-/m1/s1. The summed E-state index contributed by atoms with van der Waals surface area (Å²) in [4.78, 5) is 28.2. The van der Waals surface area contributed by atoms with Crippen molar-refractivity contribution in [2.45, 2.75) is 31.7 Å². The van der Waals surface area contributed by atoms with Gasteiger partial charge < -0.3 is 19.3 Å². The lowest BCUT2D eigenvalue weighted by atomic mass is 9.92. The van der Waals surface area contributed by atoms with Crippen molar-refractivity contribution in [2.24, 2.45) is 5.92 Å². The molecular formula is C20H31N5O3. The molecule has 0 spiro atoms. The first-order chi connectivity index (χ1) is 13.7. The van der Waals surface area contributed by atoms with Crippen LogP contribution < -0.4 is 9.64 Å². The number of hydrogen-bond donors (Lipinski definition) is 0. The maximum Gasteiger partial charge on any atom is 0.227 e. The van der Waals surface area contributed by atoms with E-state index < -0.39 is 0 Å². The van der Waals surface area contributed by atoms with Crippen LogP contribution in [0.4, 0.5) is 5.82 Å². The van der Waals surface area contributed by atoms with E-state index in [4.69, 9.17) is 9.47 Å². The van der Waals surface area contributed by atoms with Gasteiger partial charge in [0.1, 0.15) is 12.1 Å². The molecule has 8 heteroatoms. The van der Waals surface area contributed by atoms with E-state index in [1.54, 1.807) is 13.4 Å². The molecule has 28 heavy (non-hydrogen) atoms. The minimum absolute atomic E-state index is 0.149. The maximum atomic E-state index is 12.9. The number of hydrogen-bond acceptors (Lipinski definition) is 7. The molecule has 154 valence electrons. The second kappa shape index (κ2) is 9.05. The van der Waals surface area contributed by atoms with Crippen LogP contribution in [0.2, 0.25) is 0 Å². The van der Waals surface area contributed by atoms with Gasteiger partial charge in [0.15, 0.2) is 0 Å². The molecule has 8 nitrogen and oxygen atoms in total. The van der Waals surface area contributed by atoms with Gasteiger partial charge in [-0.15, -0.1) is 0 Å². The highest BCUT2D eigenvalue weighted by atomic mass is 16.5. The van der Waals surface area contributed by atoms with Gasteiger partial charge in [0.05, 0.1) is 26.2 Å². The molecule has 4 heterocycles. The van der Waals surface area contributed by atoms with E-state index in [-0.39, 0.29) is 5.92 Å². The van der Waals surface area contributed by atoms with Gasteiger partial charge >= 0.3 is 0 Å². The minimum Gasteiger partial charge on any atom is -0.481 e. The smallest absolute Gasteiger partial charge is 0.227 e. The molecule has 1 aromatic heterocycles. The molecule has 3 aliphatic heterocycles. The van der Waals surface area contributed by atoms with Crippen LogP contribution in [0.25, 0.3) is 0 Å². The highest BCUT2D eigenvalue weighted by molar-refractivity contribution is 5.79. The van der Waals surface area contributed by atoms with Crippen LogP contribution >= 0.6 is 0 Å². The molecule has 0 unspecified atom stereocenters. The van der Waals surface area contributed by atoms with E-state index in [0.29, 0.717) is 31.0 Å². The monoisotopic (exact) mass is 389 g/mol. The number of ether oxygens (including phenoxy) is 2. The van der Waals surface area contributed by atoms with Crippen LogP contribution in [0, 0.1) is 5.92 Å².